The van der Waals surface area contributed by atoms with Crippen molar-refractivity contribution in [2.75, 3.05) is 0 Å². The summed E-state index contributed by atoms with van der Waals surface area (Å²) < 4.78 is 1.18. The van der Waals surface area contributed by atoms with Gasteiger partial charge in [-0.15, -0.1) is 21.6 Å². The summed E-state index contributed by atoms with van der Waals surface area (Å²) in [6.07, 6.45) is 0. The van der Waals surface area contributed by atoms with Gasteiger partial charge >= 0.3 is 5.00 Å². The molecule has 4 rings (SSSR count). The molecule has 0 aliphatic carbocycles. The largest absolute Gasteiger partial charge is 0.324 e. The fraction of sp³-hybridized carbons (Fsp3) is 0.0833. The lowest BCUT2D eigenvalue weighted by Gasteiger charge is -2.14. The zero-order chi connectivity index (χ0) is 18.3. The third-order valence-electron chi connectivity index (χ3n) is 3.29. The van der Waals surface area contributed by atoms with E-state index in [1.54, 1.807) is 12.1 Å². The minimum absolute atomic E-state index is 0.0264. The van der Waals surface area contributed by atoms with E-state index in [9.17, 15) is 20.2 Å². The zero-order valence-corrected chi connectivity index (χ0v) is 14.8. The number of thiophene rings is 1. The maximum absolute atomic E-state index is 10.9. The van der Waals surface area contributed by atoms with Gasteiger partial charge < -0.3 is 0 Å². The van der Waals surface area contributed by atoms with Crippen molar-refractivity contribution in [2.45, 2.75) is 9.33 Å². The molecule has 0 amide bonds. The van der Waals surface area contributed by atoms with Crippen molar-refractivity contribution in [2.24, 2.45) is 20.7 Å². The van der Waals surface area contributed by atoms with E-state index in [4.69, 9.17) is 0 Å². The maximum atomic E-state index is 10.9. The highest BCUT2D eigenvalue weighted by Crippen LogP contribution is 2.51. The van der Waals surface area contributed by atoms with Gasteiger partial charge in [0, 0.05) is 18.2 Å². The standard InChI is InChI=1S/C12H5N7O4S3/c20-18(21)6-1-2-7-8(5-6)24-11(13-7)26-12(14-16-17-15-12)9-3-4-10(25-9)19(22)23/h1-5H. The average molecular weight is 407 g/mol. The number of aromatic nitrogens is 1. The number of fused-ring (bicyclic) bond motifs is 1. The number of nitro benzene ring substituents is 1. The Labute approximate surface area is 155 Å². The third kappa shape index (κ3) is 2.83. The van der Waals surface area contributed by atoms with Crippen molar-refractivity contribution in [3.8, 4) is 0 Å². The number of benzene rings is 1. The molecule has 0 spiro atoms. The highest BCUT2D eigenvalue weighted by Gasteiger charge is 2.41. The molecule has 1 aromatic carbocycles. The van der Waals surface area contributed by atoms with Crippen LogP contribution in [0.4, 0.5) is 10.7 Å². The van der Waals surface area contributed by atoms with Crippen molar-refractivity contribution in [3.63, 3.8) is 0 Å². The Morgan fingerprint density at radius 3 is 2.42 bits per heavy atom. The van der Waals surface area contributed by atoms with Gasteiger partial charge in [0.05, 0.1) is 24.9 Å². The molecule has 0 saturated heterocycles. The fourth-order valence-electron chi connectivity index (χ4n) is 2.14. The second-order valence-electron chi connectivity index (χ2n) is 4.87. The number of thioether (sulfide) groups is 1. The van der Waals surface area contributed by atoms with Gasteiger partial charge in [0.2, 0.25) is 0 Å². The third-order valence-corrected chi connectivity index (χ3v) is 6.80. The Morgan fingerprint density at radius 2 is 1.77 bits per heavy atom. The number of thiazole rings is 1. The Kier molecular flexibility index (Phi) is 3.93. The topological polar surface area (TPSA) is 149 Å². The predicted octanol–water partition coefficient (Wildman–Crippen LogP) is 4.91. The summed E-state index contributed by atoms with van der Waals surface area (Å²) in [5.41, 5.74) is 0.573. The molecule has 14 heteroatoms. The molecule has 0 radical (unpaired) electrons. The summed E-state index contributed by atoms with van der Waals surface area (Å²) in [5.74, 6) is 0. The Balaban J connectivity index is 1.72. The summed E-state index contributed by atoms with van der Waals surface area (Å²) in [7, 11) is 0. The van der Waals surface area contributed by atoms with Crippen molar-refractivity contribution in [1.29, 1.82) is 0 Å². The molecule has 0 unspecified atom stereocenters. The van der Waals surface area contributed by atoms with E-state index < -0.39 is 14.8 Å². The van der Waals surface area contributed by atoms with Crippen LogP contribution in [0.5, 0.6) is 0 Å². The first kappa shape index (κ1) is 16.6. The predicted molar refractivity (Wildman–Crippen MR) is 94.5 cm³/mol. The summed E-state index contributed by atoms with van der Waals surface area (Å²) in [6.45, 7) is 0. The normalized spacial score (nSPS) is 14.9. The van der Waals surface area contributed by atoms with Gasteiger partial charge in [-0.05, 0) is 34.3 Å². The van der Waals surface area contributed by atoms with Gasteiger partial charge in [-0.2, -0.15) is 0 Å². The highest BCUT2D eigenvalue weighted by atomic mass is 32.2. The van der Waals surface area contributed by atoms with E-state index in [2.05, 4.69) is 25.7 Å². The quantitative estimate of drug-likeness (QED) is 0.433. The van der Waals surface area contributed by atoms with Gasteiger partial charge in [-0.25, -0.2) is 4.98 Å². The molecular formula is C12H5N7O4S3. The van der Waals surface area contributed by atoms with Crippen LogP contribution in [0.2, 0.25) is 0 Å². The van der Waals surface area contributed by atoms with Crippen LogP contribution < -0.4 is 0 Å². The van der Waals surface area contributed by atoms with Gasteiger partial charge in [-0.3, -0.25) is 20.2 Å². The minimum atomic E-state index is -1.28. The van der Waals surface area contributed by atoms with Gasteiger partial charge in [0.15, 0.2) is 4.34 Å². The molecule has 130 valence electrons. The Morgan fingerprint density at radius 1 is 1.00 bits per heavy atom. The first-order valence-corrected chi connectivity index (χ1v) is 9.24. The van der Waals surface area contributed by atoms with Crippen molar-refractivity contribution >= 4 is 55.3 Å². The number of hydrogen-bond donors (Lipinski definition) is 0. The SMILES string of the molecule is O=[N+]([O-])c1ccc2nc(SC3(c4ccc([N+](=O)[O-])s4)N=NN=N3)sc2c1. The minimum Gasteiger partial charge on any atom is -0.258 e. The Hall–Kier alpha value is -2.84. The van der Waals surface area contributed by atoms with Crippen LogP contribution in [0, 0.1) is 20.2 Å². The van der Waals surface area contributed by atoms with Crippen molar-refractivity contribution < 1.29 is 9.85 Å². The van der Waals surface area contributed by atoms with Crippen LogP contribution in [-0.2, 0) is 4.99 Å². The summed E-state index contributed by atoms with van der Waals surface area (Å²) in [5, 5.41) is 36.9. The number of hydrogen-bond acceptors (Lipinski definition) is 12. The van der Waals surface area contributed by atoms with E-state index >= 15 is 0 Å². The first-order valence-electron chi connectivity index (χ1n) is 6.80. The van der Waals surface area contributed by atoms with Gasteiger partial charge in [0.1, 0.15) is 0 Å². The van der Waals surface area contributed by atoms with E-state index in [-0.39, 0.29) is 10.7 Å². The molecule has 1 aliphatic rings. The molecule has 0 bridgehead atoms. The summed E-state index contributed by atoms with van der Waals surface area (Å²) in [6, 6.07) is 7.31. The lowest BCUT2D eigenvalue weighted by molar-refractivity contribution is -0.384. The summed E-state index contributed by atoms with van der Waals surface area (Å²) >= 11 is 3.29. The lowest BCUT2D eigenvalue weighted by atomic mass is 10.3. The molecule has 0 fully saturated rings. The van der Waals surface area contributed by atoms with E-state index in [1.165, 1.54) is 29.5 Å². The van der Waals surface area contributed by atoms with E-state index in [1.807, 2.05) is 0 Å². The maximum Gasteiger partial charge on any atom is 0.324 e. The monoisotopic (exact) mass is 407 g/mol. The van der Waals surface area contributed by atoms with E-state index in [0.29, 0.717) is 19.4 Å². The summed E-state index contributed by atoms with van der Waals surface area (Å²) in [4.78, 5) is 24.5. The molecule has 3 aromatic rings. The zero-order valence-electron chi connectivity index (χ0n) is 12.4. The van der Waals surface area contributed by atoms with Crippen molar-refractivity contribution in [3.05, 3.63) is 55.4 Å². The molecule has 2 aromatic heterocycles. The first-order chi connectivity index (χ1) is 12.5. The lowest BCUT2D eigenvalue weighted by Crippen LogP contribution is -2.11. The molecular weight excluding hydrogens is 402 g/mol. The molecule has 11 nitrogen and oxygen atoms in total. The van der Waals surface area contributed by atoms with E-state index in [0.717, 1.165) is 23.1 Å². The number of nitrogens with zero attached hydrogens (tertiary/aromatic N) is 7. The Bertz CT molecular complexity index is 1090. The number of non-ortho nitro benzene ring substituents is 1. The molecule has 1 aliphatic heterocycles. The van der Waals surface area contributed by atoms with Crippen LogP contribution >= 0.6 is 34.4 Å². The molecule has 0 N–H and O–H groups in total. The van der Waals surface area contributed by atoms with Crippen LogP contribution in [-0.4, -0.2) is 14.8 Å². The second-order valence-corrected chi connectivity index (χ2v) is 8.38. The molecule has 0 atom stereocenters. The highest BCUT2D eigenvalue weighted by molar-refractivity contribution is 8.02. The second kappa shape index (κ2) is 6.15. The molecule has 26 heavy (non-hydrogen) atoms. The molecule has 3 heterocycles. The molecule has 0 saturated carbocycles. The van der Waals surface area contributed by atoms with Gasteiger partial charge in [0.25, 0.3) is 10.7 Å². The van der Waals surface area contributed by atoms with Crippen molar-refractivity contribution in [1.82, 2.24) is 4.98 Å². The number of rotatable bonds is 5. The van der Waals surface area contributed by atoms with Crippen LogP contribution in [0.1, 0.15) is 4.88 Å². The fourth-order valence-corrected chi connectivity index (χ4v) is 5.40. The van der Waals surface area contributed by atoms with Crippen LogP contribution in [0.15, 0.2) is 55.3 Å². The van der Waals surface area contributed by atoms with Crippen LogP contribution in [0.3, 0.4) is 0 Å². The smallest absolute Gasteiger partial charge is 0.258 e. The van der Waals surface area contributed by atoms with Gasteiger partial charge in [-0.1, -0.05) is 11.3 Å². The number of nitro groups is 2. The van der Waals surface area contributed by atoms with Crippen LogP contribution in [0.25, 0.3) is 10.2 Å². The average Bonchev–Trinajstić information content (AvgIpc) is 3.33.